The monoisotopic (exact) mass is 468 g/mol. The largest absolute Gasteiger partial charge is 0.383 e. The van der Waals surface area contributed by atoms with Gasteiger partial charge in [-0.3, -0.25) is 9.69 Å². The maximum Gasteiger partial charge on any atom is 0.262 e. The van der Waals surface area contributed by atoms with Crippen molar-refractivity contribution >= 4 is 23.6 Å². The molecule has 0 radical (unpaired) electrons. The second-order valence-corrected chi connectivity index (χ2v) is 9.26. The van der Waals surface area contributed by atoms with E-state index in [1.54, 1.807) is 13.2 Å². The number of aromatic nitrogens is 1. The highest BCUT2D eigenvalue weighted by atomic mass is 35.5. The van der Waals surface area contributed by atoms with Gasteiger partial charge in [-0.25, -0.2) is 0 Å². The summed E-state index contributed by atoms with van der Waals surface area (Å²) in [5, 5.41) is 13.5. The SMILES string of the molecule is COCC(C)n1c(C)cc(/C=C(\C#N)C(=O)NC2CCN(Cc3ccc(Cl)cc3)CC2)c1C. The Balaban J connectivity index is 1.59. The number of amides is 1. The molecule has 176 valence electrons. The number of nitrogens with one attached hydrogen (secondary N) is 1. The molecule has 3 rings (SSSR count). The molecule has 1 aromatic carbocycles. The minimum absolute atomic E-state index is 0.0740. The molecule has 1 N–H and O–H groups in total. The number of nitrogens with zero attached hydrogens (tertiary/aromatic N) is 3. The van der Waals surface area contributed by atoms with Crippen LogP contribution in [0.2, 0.25) is 5.02 Å². The number of hydrogen-bond donors (Lipinski definition) is 1. The summed E-state index contributed by atoms with van der Waals surface area (Å²) in [5.74, 6) is -0.302. The van der Waals surface area contributed by atoms with E-state index in [0.29, 0.717) is 6.61 Å². The lowest BCUT2D eigenvalue weighted by Gasteiger charge is -2.32. The Kier molecular flexibility index (Phi) is 8.74. The highest BCUT2D eigenvalue weighted by Crippen LogP contribution is 2.23. The van der Waals surface area contributed by atoms with Crippen molar-refractivity contribution < 1.29 is 9.53 Å². The Morgan fingerprint density at radius 1 is 1.30 bits per heavy atom. The first-order valence-corrected chi connectivity index (χ1v) is 11.8. The normalized spacial score (nSPS) is 16.4. The highest BCUT2D eigenvalue weighted by Gasteiger charge is 2.23. The molecule has 0 spiro atoms. The second-order valence-electron chi connectivity index (χ2n) is 8.82. The Morgan fingerprint density at radius 3 is 2.58 bits per heavy atom. The molecule has 1 aliphatic heterocycles. The zero-order valence-corrected chi connectivity index (χ0v) is 20.7. The van der Waals surface area contributed by atoms with Crippen molar-refractivity contribution in [1.29, 1.82) is 5.26 Å². The molecule has 7 heteroatoms. The van der Waals surface area contributed by atoms with Crippen LogP contribution in [0.4, 0.5) is 0 Å². The first-order chi connectivity index (χ1) is 15.8. The van der Waals surface area contributed by atoms with Crippen LogP contribution in [0.3, 0.4) is 0 Å². The molecule has 0 bridgehead atoms. The van der Waals surface area contributed by atoms with Gasteiger partial charge in [0.2, 0.25) is 0 Å². The minimum atomic E-state index is -0.302. The van der Waals surface area contributed by atoms with Gasteiger partial charge in [-0.15, -0.1) is 0 Å². The first kappa shape index (κ1) is 25.0. The van der Waals surface area contributed by atoms with Crippen molar-refractivity contribution in [3.8, 4) is 6.07 Å². The molecule has 2 aromatic rings. The van der Waals surface area contributed by atoms with E-state index in [4.69, 9.17) is 16.3 Å². The van der Waals surface area contributed by atoms with Gasteiger partial charge in [0.15, 0.2) is 0 Å². The van der Waals surface area contributed by atoms with E-state index >= 15 is 0 Å². The number of carbonyl (C=O) groups excluding carboxylic acids is 1. The van der Waals surface area contributed by atoms with E-state index in [1.165, 1.54) is 5.56 Å². The number of likely N-dealkylation sites (tertiary alicyclic amines) is 1. The Bertz CT molecular complexity index is 1030. The molecule has 1 aromatic heterocycles. The fourth-order valence-corrected chi connectivity index (χ4v) is 4.72. The molecular weight excluding hydrogens is 436 g/mol. The number of carbonyl (C=O) groups is 1. The summed E-state index contributed by atoms with van der Waals surface area (Å²) in [7, 11) is 1.69. The number of hydrogen-bond acceptors (Lipinski definition) is 4. The van der Waals surface area contributed by atoms with Gasteiger partial charge in [-0.1, -0.05) is 23.7 Å². The number of aryl methyl sites for hydroxylation is 1. The quantitative estimate of drug-likeness (QED) is 0.452. The number of nitriles is 1. The van der Waals surface area contributed by atoms with Crippen LogP contribution in [0, 0.1) is 25.2 Å². The lowest BCUT2D eigenvalue weighted by molar-refractivity contribution is -0.118. The van der Waals surface area contributed by atoms with Crippen LogP contribution < -0.4 is 5.32 Å². The van der Waals surface area contributed by atoms with E-state index in [9.17, 15) is 10.1 Å². The van der Waals surface area contributed by atoms with Crippen LogP contribution in [-0.2, 0) is 16.1 Å². The van der Waals surface area contributed by atoms with Gasteiger partial charge in [-0.2, -0.15) is 5.26 Å². The van der Waals surface area contributed by atoms with E-state index in [-0.39, 0.29) is 23.6 Å². The zero-order valence-electron chi connectivity index (χ0n) is 19.9. The predicted octanol–water partition coefficient (Wildman–Crippen LogP) is 4.65. The molecule has 1 amide bonds. The molecule has 0 aliphatic carbocycles. The summed E-state index contributed by atoms with van der Waals surface area (Å²) in [6, 6.07) is 12.3. The van der Waals surface area contributed by atoms with Gasteiger partial charge < -0.3 is 14.6 Å². The molecule has 1 aliphatic rings. The number of methoxy groups -OCH3 is 1. The molecule has 2 heterocycles. The van der Waals surface area contributed by atoms with Crippen LogP contribution in [0.5, 0.6) is 0 Å². The van der Waals surface area contributed by atoms with Crippen molar-refractivity contribution in [3.63, 3.8) is 0 Å². The van der Waals surface area contributed by atoms with Crippen LogP contribution in [-0.4, -0.2) is 48.2 Å². The number of ether oxygens (including phenoxy) is 1. The average molecular weight is 469 g/mol. The van der Waals surface area contributed by atoms with Crippen LogP contribution >= 0.6 is 11.6 Å². The molecule has 1 fully saturated rings. The summed E-state index contributed by atoms with van der Waals surface area (Å²) in [6.45, 7) is 9.40. The van der Waals surface area contributed by atoms with E-state index in [1.807, 2.05) is 44.2 Å². The minimum Gasteiger partial charge on any atom is -0.383 e. The topological polar surface area (TPSA) is 70.3 Å². The maximum absolute atomic E-state index is 12.8. The molecule has 1 unspecified atom stereocenters. The van der Waals surface area contributed by atoms with E-state index < -0.39 is 0 Å². The van der Waals surface area contributed by atoms with Gasteiger partial charge in [0.1, 0.15) is 11.6 Å². The highest BCUT2D eigenvalue weighted by molar-refractivity contribution is 6.30. The van der Waals surface area contributed by atoms with Gasteiger partial charge in [0.05, 0.1) is 12.6 Å². The van der Waals surface area contributed by atoms with Gasteiger partial charge in [-0.05, 0) is 69.0 Å². The summed E-state index contributed by atoms with van der Waals surface area (Å²) in [5.41, 5.74) is 4.36. The van der Waals surface area contributed by atoms with Crippen molar-refractivity contribution in [1.82, 2.24) is 14.8 Å². The van der Waals surface area contributed by atoms with Crippen LogP contribution in [0.1, 0.15) is 48.3 Å². The maximum atomic E-state index is 12.8. The fourth-order valence-electron chi connectivity index (χ4n) is 4.59. The van der Waals surface area contributed by atoms with Crippen molar-refractivity contribution in [3.05, 3.63) is 63.4 Å². The van der Waals surface area contributed by atoms with Crippen molar-refractivity contribution in [2.75, 3.05) is 26.8 Å². The summed E-state index contributed by atoms with van der Waals surface area (Å²) < 4.78 is 7.47. The number of benzene rings is 1. The predicted molar refractivity (Wildman–Crippen MR) is 132 cm³/mol. The van der Waals surface area contributed by atoms with Crippen molar-refractivity contribution in [2.24, 2.45) is 0 Å². The summed E-state index contributed by atoms with van der Waals surface area (Å²) >= 11 is 5.97. The lowest BCUT2D eigenvalue weighted by Crippen LogP contribution is -2.44. The Hall–Kier alpha value is -2.59. The van der Waals surface area contributed by atoms with E-state index in [0.717, 1.165) is 54.4 Å². The molecule has 1 atom stereocenters. The van der Waals surface area contributed by atoms with Gasteiger partial charge >= 0.3 is 0 Å². The standard InChI is InChI=1S/C26H33ClN4O2/c1-18-13-22(20(3)31(18)19(2)17-33-4)14-23(15-28)26(32)29-25-9-11-30(12-10-25)16-21-5-7-24(27)8-6-21/h5-8,13-14,19,25H,9-12,16-17H2,1-4H3,(H,29,32)/b23-14+. The molecular formula is C26H33ClN4O2. The molecule has 33 heavy (non-hydrogen) atoms. The zero-order chi connectivity index (χ0) is 24.0. The van der Waals surface area contributed by atoms with Gasteiger partial charge in [0.25, 0.3) is 5.91 Å². The first-order valence-electron chi connectivity index (χ1n) is 11.4. The van der Waals surface area contributed by atoms with E-state index in [2.05, 4.69) is 27.8 Å². The molecule has 1 saturated heterocycles. The smallest absolute Gasteiger partial charge is 0.262 e. The molecule has 0 saturated carbocycles. The number of rotatable bonds is 8. The summed E-state index contributed by atoms with van der Waals surface area (Å²) in [4.78, 5) is 15.2. The third kappa shape index (κ3) is 6.48. The fraction of sp³-hybridized carbons (Fsp3) is 0.462. The Labute approximate surface area is 201 Å². The van der Waals surface area contributed by atoms with Crippen molar-refractivity contribution in [2.45, 2.75) is 52.2 Å². The lowest BCUT2D eigenvalue weighted by atomic mass is 10.0. The van der Waals surface area contributed by atoms with Crippen LogP contribution in [0.25, 0.3) is 6.08 Å². The Morgan fingerprint density at radius 2 is 1.97 bits per heavy atom. The average Bonchev–Trinajstić information content (AvgIpc) is 3.07. The van der Waals surface area contributed by atoms with Gasteiger partial charge in [0, 0.05) is 49.2 Å². The summed E-state index contributed by atoms with van der Waals surface area (Å²) in [6.07, 6.45) is 3.42. The number of piperidine rings is 1. The third-order valence-electron chi connectivity index (χ3n) is 6.28. The third-order valence-corrected chi connectivity index (χ3v) is 6.53. The number of halogens is 1. The molecule has 6 nitrogen and oxygen atoms in total. The second kappa shape index (κ2) is 11.5. The van der Waals surface area contributed by atoms with Crippen LogP contribution in [0.15, 0.2) is 35.9 Å².